The van der Waals surface area contributed by atoms with Crippen LogP contribution < -0.4 is 0 Å². The van der Waals surface area contributed by atoms with Crippen LogP contribution in [0.3, 0.4) is 0 Å². The number of hydrogen-bond donors (Lipinski definition) is 0. The lowest BCUT2D eigenvalue weighted by molar-refractivity contribution is -0.143. The second-order valence-electron chi connectivity index (χ2n) is 3.84. The monoisotopic (exact) mass is 261 g/mol. The Morgan fingerprint density at radius 2 is 2.22 bits per heavy atom. The molecule has 1 aromatic carbocycles. The van der Waals surface area contributed by atoms with E-state index in [4.69, 9.17) is 9.16 Å². The van der Waals surface area contributed by atoms with Gasteiger partial charge in [0.25, 0.3) is 0 Å². The molecular formula is C14H17O3Si. The molecule has 0 aromatic heterocycles. The first-order valence-corrected chi connectivity index (χ1v) is 6.33. The Kier molecular flexibility index (Phi) is 6.39. The van der Waals surface area contributed by atoms with E-state index in [1.807, 2.05) is 31.2 Å². The van der Waals surface area contributed by atoms with E-state index < -0.39 is 5.97 Å². The Balaban J connectivity index is 2.89. The van der Waals surface area contributed by atoms with Crippen molar-refractivity contribution in [2.45, 2.75) is 25.9 Å². The highest BCUT2D eigenvalue weighted by Crippen LogP contribution is 2.25. The molecule has 0 saturated carbocycles. The third kappa shape index (κ3) is 4.12. The van der Waals surface area contributed by atoms with Crippen LogP contribution in [0.4, 0.5) is 0 Å². The smallest absolute Gasteiger partial charge is 0.330 e. The molecule has 1 aromatic rings. The molecular weight excluding hydrogens is 244 g/mol. The predicted molar refractivity (Wildman–Crippen MR) is 71.2 cm³/mol. The van der Waals surface area contributed by atoms with Gasteiger partial charge in [0.05, 0.1) is 0 Å². The molecule has 0 fully saturated rings. The lowest BCUT2D eigenvalue weighted by Gasteiger charge is -2.19. The van der Waals surface area contributed by atoms with E-state index in [1.165, 1.54) is 6.08 Å². The Bertz CT molecular complexity index is 404. The highest BCUT2D eigenvalue weighted by atomic mass is 28.2. The summed E-state index contributed by atoms with van der Waals surface area (Å²) >= 11 is 0. The second kappa shape index (κ2) is 7.84. The van der Waals surface area contributed by atoms with Crippen molar-refractivity contribution >= 4 is 16.5 Å². The zero-order valence-corrected chi connectivity index (χ0v) is 11.5. The highest BCUT2D eigenvalue weighted by Gasteiger charge is 2.16. The molecule has 18 heavy (non-hydrogen) atoms. The van der Waals surface area contributed by atoms with Crippen molar-refractivity contribution < 1.29 is 14.0 Å². The van der Waals surface area contributed by atoms with Crippen molar-refractivity contribution in [3.05, 3.63) is 48.0 Å². The van der Waals surface area contributed by atoms with Crippen LogP contribution in [0.2, 0.25) is 0 Å². The van der Waals surface area contributed by atoms with E-state index in [1.54, 1.807) is 0 Å². The first-order valence-electron chi connectivity index (χ1n) is 5.92. The van der Waals surface area contributed by atoms with Gasteiger partial charge in [0, 0.05) is 12.7 Å². The quantitative estimate of drug-likeness (QED) is 0.430. The van der Waals surface area contributed by atoms with Gasteiger partial charge in [-0.1, -0.05) is 37.8 Å². The van der Waals surface area contributed by atoms with Gasteiger partial charge in [0.1, 0.15) is 6.10 Å². The molecule has 0 heterocycles. The van der Waals surface area contributed by atoms with E-state index in [-0.39, 0.29) is 6.10 Å². The molecule has 3 radical (unpaired) electrons. The Labute approximate surface area is 111 Å². The predicted octanol–water partition coefficient (Wildman–Crippen LogP) is 2.51. The fraction of sp³-hybridized carbons (Fsp3) is 0.357. The summed E-state index contributed by atoms with van der Waals surface area (Å²) < 4.78 is 10.2. The van der Waals surface area contributed by atoms with E-state index >= 15 is 0 Å². The molecule has 4 heteroatoms. The van der Waals surface area contributed by atoms with Gasteiger partial charge < -0.3 is 9.16 Å². The van der Waals surface area contributed by atoms with Gasteiger partial charge >= 0.3 is 5.97 Å². The van der Waals surface area contributed by atoms with Gasteiger partial charge in [-0.15, -0.1) is 0 Å². The summed E-state index contributed by atoms with van der Waals surface area (Å²) in [5, 5.41) is 0. The van der Waals surface area contributed by atoms with Crippen molar-refractivity contribution in [3.63, 3.8) is 0 Å². The molecule has 0 aliphatic heterocycles. The minimum atomic E-state index is -0.395. The first kappa shape index (κ1) is 14.7. The molecule has 1 unspecified atom stereocenters. The van der Waals surface area contributed by atoms with Crippen molar-refractivity contribution in [2.24, 2.45) is 0 Å². The van der Waals surface area contributed by atoms with Gasteiger partial charge in [-0.05, 0) is 24.0 Å². The Morgan fingerprint density at radius 1 is 1.50 bits per heavy atom. The zero-order chi connectivity index (χ0) is 13.4. The molecule has 0 aliphatic rings. The summed E-state index contributed by atoms with van der Waals surface area (Å²) in [4.78, 5) is 11.3. The van der Waals surface area contributed by atoms with Crippen LogP contribution >= 0.6 is 0 Å². The molecule has 0 saturated heterocycles. The van der Waals surface area contributed by atoms with Crippen LogP contribution in [-0.4, -0.2) is 23.1 Å². The standard InChI is InChI=1S/C14H17O3Si/c1-3-13(17-14(15)4-2)12-8-6-5-7-11(12)9-10-16-18/h4-8,13H,2-3,9-10H2,1H3. The summed E-state index contributed by atoms with van der Waals surface area (Å²) in [5.41, 5.74) is 2.15. The first-order chi connectivity index (χ1) is 8.72. The SMILES string of the molecule is C=CC(=O)OC(CC)c1ccccc1CCO[Si]. The average Bonchev–Trinajstić information content (AvgIpc) is 2.42. The van der Waals surface area contributed by atoms with E-state index in [0.29, 0.717) is 6.61 Å². The number of benzene rings is 1. The molecule has 0 amide bonds. The van der Waals surface area contributed by atoms with E-state index in [2.05, 4.69) is 17.1 Å². The van der Waals surface area contributed by atoms with Crippen LogP contribution in [0.25, 0.3) is 0 Å². The normalized spacial score (nSPS) is 11.9. The molecule has 0 spiro atoms. The number of carbonyl (C=O) groups excluding carboxylic acids is 1. The summed E-state index contributed by atoms with van der Waals surface area (Å²) in [5.74, 6) is -0.395. The lowest BCUT2D eigenvalue weighted by atomic mass is 9.98. The van der Waals surface area contributed by atoms with Crippen LogP contribution in [0.1, 0.15) is 30.6 Å². The third-order valence-corrected chi connectivity index (χ3v) is 2.88. The molecule has 1 atom stereocenters. The van der Waals surface area contributed by atoms with E-state index in [0.717, 1.165) is 24.0 Å². The lowest BCUT2D eigenvalue weighted by Crippen LogP contribution is -2.11. The second-order valence-corrected chi connectivity index (χ2v) is 4.12. The maximum Gasteiger partial charge on any atom is 0.330 e. The highest BCUT2D eigenvalue weighted by molar-refractivity contribution is 5.97. The number of ether oxygens (including phenoxy) is 1. The topological polar surface area (TPSA) is 35.5 Å². The fourth-order valence-electron chi connectivity index (χ4n) is 1.79. The average molecular weight is 261 g/mol. The fourth-order valence-corrected chi connectivity index (χ4v) is 1.89. The third-order valence-electron chi connectivity index (χ3n) is 2.67. The van der Waals surface area contributed by atoms with Gasteiger partial charge in [-0.2, -0.15) is 0 Å². The van der Waals surface area contributed by atoms with Gasteiger partial charge in [0.2, 0.25) is 10.5 Å². The largest absolute Gasteiger partial charge is 0.454 e. The van der Waals surface area contributed by atoms with Crippen molar-refractivity contribution in [1.82, 2.24) is 0 Å². The maximum atomic E-state index is 11.3. The van der Waals surface area contributed by atoms with Gasteiger partial charge in [0.15, 0.2) is 0 Å². The molecule has 95 valence electrons. The number of hydrogen-bond acceptors (Lipinski definition) is 3. The van der Waals surface area contributed by atoms with Crippen molar-refractivity contribution in [2.75, 3.05) is 6.61 Å². The van der Waals surface area contributed by atoms with Gasteiger partial charge in [-0.3, -0.25) is 0 Å². The van der Waals surface area contributed by atoms with Crippen molar-refractivity contribution in [3.8, 4) is 0 Å². The molecule has 3 nitrogen and oxygen atoms in total. The van der Waals surface area contributed by atoms with Crippen LogP contribution in [0, 0.1) is 0 Å². The van der Waals surface area contributed by atoms with Gasteiger partial charge in [-0.25, -0.2) is 4.79 Å². The van der Waals surface area contributed by atoms with Crippen molar-refractivity contribution in [1.29, 1.82) is 0 Å². The molecule has 0 bridgehead atoms. The summed E-state index contributed by atoms with van der Waals surface area (Å²) in [6, 6.07) is 7.91. The Hall–Kier alpha value is -1.39. The summed E-state index contributed by atoms with van der Waals surface area (Å²) in [7, 11) is 2.99. The van der Waals surface area contributed by atoms with Crippen LogP contribution in [-0.2, 0) is 20.4 Å². The van der Waals surface area contributed by atoms with E-state index in [9.17, 15) is 4.79 Å². The summed E-state index contributed by atoms with van der Waals surface area (Å²) in [6.45, 7) is 5.97. The van der Waals surface area contributed by atoms with Crippen LogP contribution in [0.5, 0.6) is 0 Å². The minimum Gasteiger partial charge on any atom is -0.454 e. The zero-order valence-electron chi connectivity index (χ0n) is 10.5. The molecule has 0 N–H and O–H groups in total. The van der Waals surface area contributed by atoms with Crippen LogP contribution in [0.15, 0.2) is 36.9 Å². The maximum absolute atomic E-state index is 11.3. The summed E-state index contributed by atoms with van der Waals surface area (Å²) in [6.07, 6.45) is 2.45. The Morgan fingerprint density at radius 3 is 2.83 bits per heavy atom. The molecule has 0 aliphatic carbocycles. The molecule has 1 rings (SSSR count). The number of carbonyl (C=O) groups is 1. The number of esters is 1. The number of rotatable bonds is 7. The minimum absolute atomic E-state index is 0.235.